The van der Waals surface area contributed by atoms with E-state index in [1.165, 1.54) is 22.8 Å². The molecule has 2 aromatic carbocycles. The van der Waals surface area contributed by atoms with E-state index in [2.05, 4.69) is 11.6 Å². The molecule has 1 heterocycles. The van der Waals surface area contributed by atoms with E-state index in [9.17, 15) is 18.0 Å². The lowest BCUT2D eigenvalue weighted by Gasteiger charge is -2.02. The molecule has 0 saturated heterocycles. The van der Waals surface area contributed by atoms with Crippen LogP contribution in [-0.4, -0.2) is 10.5 Å². The van der Waals surface area contributed by atoms with Crippen LogP contribution in [0.3, 0.4) is 0 Å². The molecule has 3 rings (SSSR count). The molecule has 0 spiro atoms. The fourth-order valence-corrected chi connectivity index (χ4v) is 3.37. The van der Waals surface area contributed by atoms with Crippen molar-refractivity contribution in [1.29, 1.82) is 0 Å². The molecule has 7 heteroatoms. The van der Waals surface area contributed by atoms with Crippen molar-refractivity contribution < 1.29 is 18.0 Å². The van der Waals surface area contributed by atoms with Crippen LogP contribution in [0.4, 0.5) is 13.2 Å². The molecule has 0 radical (unpaired) electrons. The zero-order valence-electron chi connectivity index (χ0n) is 12.3. The molecule has 0 aliphatic heterocycles. The van der Waals surface area contributed by atoms with Crippen LogP contribution in [-0.2, 0) is 6.54 Å². The standard InChI is InChI=1S/C17H11F3N2OS/c1-2-9-22-15-12(20)7-4-8-13(15)24-17(22)21-16(23)14-10(18)5-3-6-11(14)19/h2-8H,1,9H2. The maximum absolute atomic E-state index is 14.1. The largest absolute Gasteiger partial charge is 0.310 e. The van der Waals surface area contributed by atoms with Crippen LogP contribution in [0.25, 0.3) is 10.2 Å². The van der Waals surface area contributed by atoms with Crippen LogP contribution in [0, 0.1) is 17.5 Å². The number of rotatable bonds is 3. The average molecular weight is 348 g/mol. The normalized spacial score (nSPS) is 11.9. The summed E-state index contributed by atoms with van der Waals surface area (Å²) in [5.74, 6) is -3.52. The molecule has 3 aromatic rings. The highest BCUT2D eigenvalue weighted by Crippen LogP contribution is 2.21. The molecule has 0 aliphatic carbocycles. The number of fused-ring (bicyclic) bond motifs is 1. The maximum atomic E-state index is 14.1. The van der Waals surface area contributed by atoms with E-state index < -0.39 is 28.9 Å². The monoisotopic (exact) mass is 348 g/mol. The number of allylic oxidation sites excluding steroid dienone is 1. The number of benzene rings is 2. The van der Waals surface area contributed by atoms with Gasteiger partial charge >= 0.3 is 0 Å². The average Bonchev–Trinajstić information content (AvgIpc) is 2.86. The number of aromatic nitrogens is 1. The number of halogens is 3. The Hall–Kier alpha value is -2.67. The van der Waals surface area contributed by atoms with E-state index in [-0.39, 0.29) is 16.9 Å². The van der Waals surface area contributed by atoms with E-state index in [4.69, 9.17) is 0 Å². The highest BCUT2D eigenvalue weighted by atomic mass is 32.1. The summed E-state index contributed by atoms with van der Waals surface area (Å²) in [6.07, 6.45) is 1.52. The Morgan fingerprint density at radius 3 is 2.42 bits per heavy atom. The van der Waals surface area contributed by atoms with Gasteiger partial charge in [0.15, 0.2) is 4.80 Å². The molecule has 1 aromatic heterocycles. The van der Waals surface area contributed by atoms with Crippen LogP contribution >= 0.6 is 11.3 Å². The van der Waals surface area contributed by atoms with E-state index in [1.807, 2.05) is 0 Å². The summed E-state index contributed by atoms with van der Waals surface area (Å²) < 4.78 is 43.5. The lowest BCUT2D eigenvalue weighted by Crippen LogP contribution is -2.17. The second kappa shape index (κ2) is 6.45. The third-order valence-electron chi connectivity index (χ3n) is 3.34. The quantitative estimate of drug-likeness (QED) is 0.658. The Morgan fingerprint density at radius 2 is 1.75 bits per heavy atom. The molecule has 0 fully saturated rings. The highest BCUT2D eigenvalue weighted by Gasteiger charge is 2.17. The lowest BCUT2D eigenvalue weighted by molar-refractivity contribution is 0.0990. The zero-order valence-corrected chi connectivity index (χ0v) is 13.1. The summed E-state index contributed by atoms with van der Waals surface area (Å²) in [6.45, 7) is 3.79. The minimum Gasteiger partial charge on any atom is -0.310 e. The van der Waals surface area contributed by atoms with Gasteiger partial charge in [0.25, 0.3) is 5.91 Å². The molecule has 0 bridgehead atoms. The van der Waals surface area contributed by atoms with E-state index >= 15 is 0 Å². The summed E-state index contributed by atoms with van der Waals surface area (Å²) in [7, 11) is 0. The number of carbonyl (C=O) groups excluding carboxylic acids is 1. The first-order valence-corrected chi connectivity index (χ1v) is 7.76. The molecular weight excluding hydrogens is 337 g/mol. The van der Waals surface area contributed by atoms with Crippen LogP contribution in [0.5, 0.6) is 0 Å². The van der Waals surface area contributed by atoms with Crippen molar-refractivity contribution in [3.63, 3.8) is 0 Å². The molecule has 3 nitrogen and oxygen atoms in total. The van der Waals surface area contributed by atoms with Crippen molar-refractivity contribution >= 4 is 27.5 Å². The Bertz CT molecular complexity index is 1000. The number of para-hydroxylation sites is 1. The van der Waals surface area contributed by atoms with Gasteiger partial charge < -0.3 is 4.57 Å². The summed E-state index contributed by atoms with van der Waals surface area (Å²) >= 11 is 1.06. The van der Waals surface area contributed by atoms with Gasteiger partial charge in [-0.25, -0.2) is 13.2 Å². The predicted molar refractivity (Wildman–Crippen MR) is 86.2 cm³/mol. The third kappa shape index (κ3) is 2.78. The smallest absolute Gasteiger partial charge is 0.285 e. The van der Waals surface area contributed by atoms with Gasteiger partial charge in [-0.2, -0.15) is 4.99 Å². The Kier molecular flexibility index (Phi) is 4.35. The van der Waals surface area contributed by atoms with Gasteiger partial charge in [0, 0.05) is 6.54 Å². The second-order valence-corrected chi connectivity index (χ2v) is 5.89. The minimum atomic E-state index is -1.06. The van der Waals surface area contributed by atoms with E-state index in [1.54, 1.807) is 6.07 Å². The zero-order chi connectivity index (χ0) is 17.3. The number of carbonyl (C=O) groups is 1. The summed E-state index contributed by atoms with van der Waals surface area (Å²) in [5, 5.41) is 0. The van der Waals surface area contributed by atoms with Crippen molar-refractivity contribution in [3.8, 4) is 0 Å². The Morgan fingerprint density at radius 1 is 1.12 bits per heavy atom. The van der Waals surface area contributed by atoms with Crippen LogP contribution in [0.1, 0.15) is 10.4 Å². The third-order valence-corrected chi connectivity index (χ3v) is 4.38. The van der Waals surface area contributed by atoms with Gasteiger partial charge in [0.2, 0.25) is 0 Å². The first-order valence-electron chi connectivity index (χ1n) is 6.94. The molecule has 1 amide bonds. The first kappa shape index (κ1) is 16.2. The number of hydrogen-bond donors (Lipinski definition) is 0. The topological polar surface area (TPSA) is 34.4 Å². The van der Waals surface area contributed by atoms with Crippen molar-refractivity contribution in [2.75, 3.05) is 0 Å². The molecule has 122 valence electrons. The van der Waals surface area contributed by atoms with Gasteiger partial charge in [0.05, 0.1) is 10.2 Å². The predicted octanol–water partition coefficient (Wildman–Crippen LogP) is 4.05. The van der Waals surface area contributed by atoms with Gasteiger partial charge in [-0.15, -0.1) is 6.58 Å². The second-order valence-electron chi connectivity index (χ2n) is 4.88. The highest BCUT2D eigenvalue weighted by molar-refractivity contribution is 7.16. The summed E-state index contributed by atoms with van der Waals surface area (Å²) in [4.78, 5) is 16.1. The maximum Gasteiger partial charge on any atom is 0.285 e. The van der Waals surface area contributed by atoms with Crippen molar-refractivity contribution in [2.24, 2.45) is 4.99 Å². The molecular formula is C17H11F3N2OS. The summed E-state index contributed by atoms with van der Waals surface area (Å²) in [5.41, 5.74) is -0.469. The number of hydrogen-bond acceptors (Lipinski definition) is 2. The lowest BCUT2D eigenvalue weighted by atomic mass is 10.2. The molecule has 24 heavy (non-hydrogen) atoms. The van der Waals surface area contributed by atoms with Gasteiger partial charge in [-0.3, -0.25) is 4.79 Å². The molecule has 0 aliphatic rings. The van der Waals surface area contributed by atoms with Gasteiger partial charge in [-0.1, -0.05) is 29.5 Å². The minimum absolute atomic E-state index is 0.141. The number of amides is 1. The first-order chi connectivity index (χ1) is 11.5. The van der Waals surface area contributed by atoms with Gasteiger partial charge in [-0.05, 0) is 24.3 Å². The van der Waals surface area contributed by atoms with Crippen LogP contribution in [0.15, 0.2) is 54.0 Å². The van der Waals surface area contributed by atoms with Gasteiger partial charge in [0.1, 0.15) is 23.0 Å². The van der Waals surface area contributed by atoms with Crippen LogP contribution in [0.2, 0.25) is 0 Å². The van der Waals surface area contributed by atoms with Crippen molar-refractivity contribution in [2.45, 2.75) is 6.54 Å². The molecule has 0 unspecified atom stereocenters. The number of thiazole rings is 1. The molecule has 0 atom stereocenters. The SMILES string of the molecule is C=CCn1c(=NC(=O)c2c(F)cccc2F)sc2cccc(F)c21. The van der Waals surface area contributed by atoms with Crippen molar-refractivity contribution in [1.82, 2.24) is 4.57 Å². The molecule has 0 N–H and O–H groups in total. The Labute approximate surface area is 139 Å². The van der Waals surface area contributed by atoms with Crippen LogP contribution < -0.4 is 4.80 Å². The molecule has 0 saturated carbocycles. The van der Waals surface area contributed by atoms with E-state index in [0.717, 1.165) is 29.5 Å². The number of nitrogens with zero attached hydrogens (tertiary/aromatic N) is 2. The summed E-state index contributed by atoms with van der Waals surface area (Å²) in [6, 6.07) is 7.62. The fraction of sp³-hybridized carbons (Fsp3) is 0.0588. The van der Waals surface area contributed by atoms with Crippen molar-refractivity contribution in [3.05, 3.63) is 76.9 Å². The van der Waals surface area contributed by atoms with E-state index in [0.29, 0.717) is 4.70 Å². The Balaban J connectivity index is 2.23. The fourth-order valence-electron chi connectivity index (χ4n) is 2.32.